The summed E-state index contributed by atoms with van der Waals surface area (Å²) in [5.74, 6) is -0.714. The normalized spacial score (nSPS) is 12.2. The van der Waals surface area contributed by atoms with Gasteiger partial charge in [0.1, 0.15) is 22.9 Å². The second-order valence-corrected chi connectivity index (χ2v) is 4.75. The highest BCUT2D eigenvalue weighted by Gasteiger charge is 2.14. The number of nitrogens with one attached hydrogen (secondary N) is 1. The quantitative estimate of drug-likeness (QED) is 0.789. The number of carboxylic acids is 1. The predicted molar refractivity (Wildman–Crippen MR) is 74.8 cm³/mol. The fourth-order valence-electron chi connectivity index (χ4n) is 2.01. The van der Waals surface area contributed by atoms with Crippen LogP contribution in [0.25, 0.3) is 0 Å². The molecule has 6 heteroatoms. The SMILES string of the molecule is Cc1oc(CNc2ccc(F)c(C(C)O)c2)cc1C(=O)O. The number of aliphatic hydroxyl groups is 1. The van der Waals surface area contributed by atoms with Gasteiger partial charge in [0.15, 0.2) is 0 Å². The molecule has 1 aromatic heterocycles. The van der Waals surface area contributed by atoms with Crippen LogP contribution in [-0.4, -0.2) is 16.2 Å². The first-order valence-corrected chi connectivity index (χ1v) is 6.42. The van der Waals surface area contributed by atoms with Gasteiger partial charge in [-0.25, -0.2) is 9.18 Å². The van der Waals surface area contributed by atoms with Crippen LogP contribution in [0.3, 0.4) is 0 Å². The zero-order valence-electron chi connectivity index (χ0n) is 11.7. The molecule has 0 aliphatic carbocycles. The highest BCUT2D eigenvalue weighted by molar-refractivity contribution is 5.88. The second-order valence-electron chi connectivity index (χ2n) is 4.75. The lowest BCUT2D eigenvalue weighted by atomic mass is 10.1. The summed E-state index contributed by atoms with van der Waals surface area (Å²) < 4.78 is 18.8. The largest absolute Gasteiger partial charge is 0.478 e. The van der Waals surface area contributed by atoms with Crippen LogP contribution in [0.15, 0.2) is 28.7 Å². The molecule has 0 amide bonds. The van der Waals surface area contributed by atoms with Crippen molar-refractivity contribution < 1.29 is 23.8 Å². The Hall–Kier alpha value is -2.34. The van der Waals surface area contributed by atoms with Crippen molar-refractivity contribution in [3.63, 3.8) is 0 Å². The monoisotopic (exact) mass is 293 g/mol. The number of hydrogen-bond donors (Lipinski definition) is 3. The number of aryl methyl sites for hydroxylation is 1. The molecule has 0 aliphatic heterocycles. The van der Waals surface area contributed by atoms with Gasteiger partial charge in [0.05, 0.1) is 12.6 Å². The summed E-state index contributed by atoms with van der Waals surface area (Å²) >= 11 is 0. The molecule has 0 radical (unpaired) electrons. The number of furan rings is 1. The Labute approximate surface area is 121 Å². The molecule has 3 N–H and O–H groups in total. The highest BCUT2D eigenvalue weighted by atomic mass is 19.1. The second kappa shape index (κ2) is 5.97. The van der Waals surface area contributed by atoms with Crippen LogP contribution >= 0.6 is 0 Å². The van der Waals surface area contributed by atoms with Crippen molar-refractivity contribution in [2.45, 2.75) is 26.5 Å². The molecule has 0 spiro atoms. The lowest BCUT2D eigenvalue weighted by Gasteiger charge is -2.10. The number of carboxylic acid groups (broad SMARTS) is 1. The zero-order chi connectivity index (χ0) is 15.6. The average Bonchev–Trinajstić information content (AvgIpc) is 2.79. The van der Waals surface area contributed by atoms with Crippen molar-refractivity contribution in [3.05, 3.63) is 52.7 Å². The fraction of sp³-hybridized carbons (Fsp3) is 0.267. The summed E-state index contributed by atoms with van der Waals surface area (Å²) in [6.07, 6.45) is -0.906. The van der Waals surface area contributed by atoms with E-state index in [0.29, 0.717) is 17.2 Å². The standard InChI is InChI=1S/C15H16FNO4/c1-8(18)12-5-10(3-4-14(12)16)17-7-11-6-13(15(19)20)9(2)21-11/h3-6,8,17-18H,7H2,1-2H3,(H,19,20). The van der Waals surface area contributed by atoms with Crippen molar-refractivity contribution in [3.8, 4) is 0 Å². The van der Waals surface area contributed by atoms with E-state index in [1.165, 1.54) is 31.2 Å². The van der Waals surface area contributed by atoms with Gasteiger partial charge < -0.3 is 19.9 Å². The van der Waals surface area contributed by atoms with Gasteiger partial charge in [0, 0.05) is 11.3 Å². The first-order valence-electron chi connectivity index (χ1n) is 6.42. The molecule has 2 rings (SSSR count). The van der Waals surface area contributed by atoms with Crippen molar-refractivity contribution in [1.82, 2.24) is 0 Å². The number of halogens is 1. The summed E-state index contributed by atoms with van der Waals surface area (Å²) in [6.45, 7) is 3.33. The predicted octanol–water partition coefficient (Wildman–Crippen LogP) is 3.09. The maximum absolute atomic E-state index is 13.5. The summed E-state index contributed by atoms with van der Waals surface area (Å²) in [4.78, 5) is 10.9. The van der Waals surface area contributed by atoms with Gasteiger partial charge >= 0.3 is 5.97 Å². The Balaban J connectivity index is 2.11. The third-order valence-electron chi connectivity index (χ3n) is 3.11. The number of hydrogen-bond acceptors (Lipinski definition) is 4. The van der Waals surface area contributed by atoms with Crippen molar-refractivity contribution in [2.24, 2.45) is 0 Å². The third-order valence-corrected chi connectivity index (χ3v) is 3.11. The van der Waals surface area contributed by atoms with Crippen LogP contribution in [0.1, 0.15) is 40.5 Å². The van der Waals surface area contributed by atoms with E-state index in [-0.39, 0.29) is 17.7 Å². The zero-order valence-corrected chi connectivity index (χ0v) is 11.7. The Bertz CT molecular complexity index is 664. The number of carbonyl (C=O) groups is 1. The van der Waals surface area contributed by atoms with E-state index in [1.54, 1.807) is 6.92 Å². The summed E-state index contributed by atoms with van der Waals surface area (Å²) in [5.41, 5.74) is 0.927. The van der Waals surface area contributed by atoms with Gasteiger partial charge in [-0.3, -0.25) is 0 Å². The maximum atomic E-state index is 13.5. The molecule has 1 unspecified atom stereocenters. The molecule has 1 aromatic carbocycles. The van der Waals surface area contributed by atoms with Crippen LogP contribution in [0, 0.1) is 12.7 Å². The van der Waals surface area contributed by atoms with E-state index >= 15 is 0 Å². The minimum atomic E-state index is -1.04. The smallest absolute Gasteiger partial charge is 0.339 e. The van der Waals surface area contributed by atoms with E-state index in [0.717, 1.165) is 0 Å². The summed E-state index contributed by atoms with van der Waals surface area (Å²) in [6, 6.07) is 5.76. The maximum Gasteiger partial charge on any atom is 0.339 e. The molecule has 0 fully saturated rings. The topological polar surface area (TPSA) is 82.7 Å². The Morgan fingerprint density at radius 3 is 2.71 bits per heavy atom. The van der Waals surface area contributed by atoms with Crippen LogP contribution in [-0.2, 0) is 6.54 Å². The van der Waals surface area contributed by atoms with E-state index in [4.69, 9.17) is 9.52 Å². The average molecular weight is 293 g/mol. The van der Waals surface area contributed by atoms with Gasteiger partial charge in [-0.05, 0) is 38.1 Å². The van der Waals surface area contributed by atoms with Crippen molar-refractivity contribution >= 4 is 11.7 Å². The van der Waals surface area contributed by atoms with Crippen LogP contribution in [0.5, 0.6) is 0 Å². The summed E-state index contributed by atoms with van der Waals surface area (Å²) in [7, 11) is 0. The molecule has 112 valence electrons. The Kier molecular flexibility index (Phi) is 4.28. The molecule has 0 bridgehead atoms. The molecule has 0 aliphatic rings. The molecular weight excluding hydrogens is 277 g/mol. The first kappa shape index (κ1) is 15.1. The lowest BCUT2D eigenvalue weighted by Crippen LogP contribution is -2.02. The number of anilines is 1. The number of rotatable bonds is 5. The van der Waals surface area contributed by atoms with Crippen LogP contribution < -0.4 is 5.32 Å². The molecule has 0 saturated carbocycles. The molecule has 5 nitrogen and oxygen atoms in total. The lowest BCUT2D eigenvalue weighted by molar-refractivity contribution is 0.0695. The Morgan fingerprint density at radius 2 is 2.14 bits per heavy atom. The Morgan fingerprint density at radius 1 is 1.43 bits per heavy atom. The van der Waals surface area contributed by atoms with Crippen molar-refractivity contribution in [1.29, 1.82) is 0 Å². The molecule has 0 saturated heterocycles. The number of aliphatic hydroxyl groups excluding tert-OH is 1. The van der Waals surface area contributed by atoms with Gasteiger partial charge in [-0.15, -0.1) is 0 Å². The third kappa shape index (κ3) is 3.41. The fourth-order valence-corrected chi connectivity index (χ4v) is 2.01. The summed E-state index contributed by atoms with van der Waals surface area (Å²) in [5, 5.41) is 21.4. The number of benzene rings is 1. The van der Waals surface area contributed by atoms with E-state index in [2.05, 4.69) is 5.32 Å². The molecular formula is C15H16FNO4. The van der Waals surface area contributed by atoms with E-state index < -0.39 is 17.9 Å². The van der Waals surface area contributed by atoms with Gasteiger partial charge in [0.2, 0.25) is 0 Å². The van der Waals surface area contributed by atoms with Crippen molar-refractivity contribution in [2.75, 3.05) is 5.32 Å². The van der Waals surface area contributed by atoms with E-state index in [9.17, 15) is 14.3 Å². The molecule has 2 aromatic rings. The van der Waals surface area contributed by atoms with Crippen LogP contribution in [0.4, 0.5) is 10.1 Å². The first-order chi connectivity index (χ1) is 9.88. The number of aromatic carboxylic acids is 1. The molecule has 1 atom stereocenters. The van der Waals surface area contributed by atoms with Gasteiger partial charge in [-0.1, -0.05) is 0 Å². The minimum Gasteiger partial charge on any atom is -0.478 e. The van der Waals surface area contributed by atoms with E-state index in [1.807, 2.05) is 0 Å². The van der Waals surface area contributed by atoms with Gasteiger partial charge in [-0.2, -0.15) is 0 Å². The van der Waals surface area contributed by atoms with Gasteiger partial charge in [0.25, 0.3) is 0 Å². The molecule has 21 heavy (non-hydrogen) atoms. The minimum absolute atomic E-state index is 0.121. The molecule has 1 heterocycles. The highest BCUT2D eigenvalue weighted by Crippen LogP contribution is 2.22. The van der Waals surface area contributed by atoms with Crippen LogP contribution in [0.2, 0.25) is 0 Å².